The molecule has 88 valence electrons. The summed E-state index contributed by atoms with van der Waals surface area (Å²) in [6, 6.07) is 7.28. The predicted octanol–water partition coefficient (Wildman–Crippen LogP) is 2.19. The van der Waals surface area contributed by atoms with Crippen molar-refractivity contribution in [2.24, 2.45) is 0 Å². The Labute approximate surface area is 101 Å². The van der Waals surface area contributed by atoms with E-state index in [1.165, 1.54) is 0 Å². The molecular weight excluding hydrogens is 226 g/mol. The van der Waals surface area contributed by atoms with Crippen molar-refractivity contribution in [3.63, 3.8) is 0 Å². The summed E-state index contributed by atoms with van der Waals surface area (Å²) in [4.78, 5) is 11.6. The molecule has 0 bridgehead atoms. The predicted molar refractivity (Wildman–Crippen MR) is 64.8 cm³/mol. The lowest BCUT2D eigenvalue weighted by atomic mass is 10.1. The van der Waals surface area contributed by atoms with E-state index < -0.39 is 0 Å². The van der Waals surface area contributed by atoms with Crippen LogP contribution in [0.25, 0.3) is 0 Å². The molecule has 0 fully saturated rings. The molecule has 0 saturated heterocycles. The molecular formula is C12H16ClNO2. The van der Waals surface area contributed by atoms with E-state index >= 15 is 0 Å². The van der Waals surface area contributed by atoms with E-state index in [9.17, 15) is 4.79 Å². The summed E-state index contributed by atoms with van der Waals surface area (Å²) in [5.41, 5.74) is 1.67. The molecule has 0 saturated carbocycles. The molecule has 1 aromatic carbocycles. The highest BCUT2D eigenvalue weighted by molar-refractivity contribution is 6.17. The summed E-state index contributed by atoms with van der Waals surface area (Å²) in [6.45, 7) is 1.29. The van der Waals surface area contributed by atoms with E-state index in [1.807, 2.05) is 12.1 Å². The number of alkyl halides is 1. The number of hydrogen-bond donors (Lipinski definition) is 1. The van der Waals surface area contributed by atoms with Crippen LogP contribution in [-0.4, -0.2) is 26.2 Å². The van der Waals surface area contributed by atoms with Crippen LogP contribution in [0.15, 0.2) is 24.3 Å². The van der Waals surface area contributed by atoms with Crippen molar-refractivity contribution in [3.8, 4) is 0 Å². The maximum Gasteiger partial charge on any atom is 0.251 e. The van der Waals surface area contributed by atoms with Crippen LogP contribution in [0.3, 0.4) is 0 Å². The van der Waals surface area contributed by atoms with Gasteiger partial charge >= 0.3 is 0 Å². The van der Waals surface area contributed by atoms with Gasteiger partial charge in [-0.25, -0.2) is 0 Å². The van der Waals surface area contributed by atoms with E-state index in [2.05, 4.69) is 5.32 Å². The fourth-order valence-electron chi connectivity index (χ4n) is 1.27. The van der Waals surface area contributed by atoms with E-state index in [4.69, 9.17) is 16.3 Å². The van der Waals surface area contributed by atoms with Crippen LogP contribution in [0.4, 0.5) is 0 Å². The van der Waals surface area contributed by atoms with Gasteiger partial charge in [-0.2, -0.15) is 0 Å². The zero-order valence-electron chi connectivity index (χ0n) is 9.33. The summed E-state index contributed by atoms with van der Waals surface area (Å²) in [7, 11) is 1.65. The number of benzene rings is 1. The fourth-order valence-corrected chi connectivity index (χ4v) is 1.44. The average Bonchev–Trinajstić information content (AvgIpc) is 2.34. The molecule has 1 aromatic rings. The lowest BCUT2D eigenvalue weighted by molar-refractivity contribution is 0.0948. The van der Waals surface area contributed by atoms with Gasteiger partial charge in [0, 0.05) is 31.7 Å². The first-order chi connectivity index (χ1) is 7.77. The highest BCUT2D eigenvalue weighted by atomic mass is 35.5. The standard InChI is InChI=1S/C12H16ClNO2/c1-16-8-2-7-14-12(15)11-5-3-10(9-13)4-6-11/h3-6H,2,7-9H2,1H3,(H,14,15). The molecule has 1 amide bonds. The van der Waals surface area contributed by atoms with Crippen molar-refractivity contribution in [2.75, 3.05) is 20.3 Å². The highest BCUT2D eigenvalue weighted by Crippen LogP contribution is 2.06. The summed E-state index contributed by atoms with van der Waals surface area (Å²) < 4.78 is 4.89. The molecule has 0 unspecified atom stereocenters. The number of rotatable bonds is 6. The Hall–Kier alpha value is -1.06. The van der Waals surface area contributed by atoms with Gasteiger partial charge in [-0.05, 0) is 24.1 Å². The van der Waals surface area contributed by atoms with Crippen molar-refractivity contribution in [3.05, 3.63) is 35.4 Å². The summed E-state index contributed by atoms with van der Waals surface area (Å²) in [5.74, 6) is 0.410. The van der Waals surface area contributed by atoms with Crippen molar-refractivity contribution >= 4 is 17.5 Å². The van der Waals surface area contributed by atoms with Gasteiger partial charge in [0.2, 0.25) is 0 Å². The lowest BCUT2D eigenvalue weighted by Crippen LogP contribution is -2.25. The van der Waals surface area contributed by atoms with Crippen LogP contribution in [0, 0.1) is 0 Å². The molecule has 0 spiro atoms. The number of halogens is 1. The van der Waals surface area contributed by atoms with E-state index in [0.29, 0.717) is 24.6 Å². The van der Waals surface area contributed by atoms with Gasteiger partial charge in [0.15, 0.2) is 0 Å². The fraction of sp³-hybridized carbons (Fsp3) is 0.417. The van der Waals surface area contributed by atoms with E-state index in [-0.39, 0.29) is 5.91 Å². The van der Waals surface area contributed by atoms with Gasteiger partial charge in [-0.15, -0.1) is 11.6 Å². The number of methoxy groups -OCH3 is 1. The van der Waals surface area contributed by atoms with Crippen LogP contribution in [0.2, 0.25) is 0 Å². The Kier molecular flexibility index (Phi) is 5.90. The topological polar surface area (TPSA) is 38.3 Å². The third kappa shape index (κ3) is 4.21. The van der Waals surface area contributed by atoms with Crippen LogP contribution >= 0.6 is 11.6 Å². The van der Waals surface area contributed by atoms with E-state index in [1.54, 1.807) is 19.2 Å². The van der Waals surface area contributed by atoms with Gasteiger partial charge in [-0.1, -0.05) is 12.1 Å². The largest absolute Gasteiger partial charge is 0.385 e. The smallest absolute Gasteiger partial charge is 0.251 e. The minimum absolute atomic E-state index is 0.0581. The van der Waals surface area contributed by atoms with E-state index in [0.717, 1.165) is 12.0 Å². The quantitative estimate of drug-likeness (QED) is 0.613. The van der Waals surface area contributed by atoms with Crippen molar-refractivity contribution in [2.45, 2.75) is 12.3 Å². The first-order valence-electron chi connectivity index (χ1n) is 5.20. The van der Waals surface area contributed by atoms with Gasteiger partial charge < -0.3 is 10.1 Å². The zero-order valence-corrected chi connectivity index (χ0v) is 10.1. The van der Waals surface area contributed by atoms with Crippen LogP contribution < -0.4 is 5.32 Å². The van der Waals surface area contributed by atoms with Crippen LogP contribution in [0.5, 0.6) is 0 Å². The molecule has 1 N–H and O–H groups in total. The molecule has 0 aromatic heterocycles. The maximum absolute atomic E-state index is 11.6. The number of ether oxygens (including phenoxy) is 1. The Bertz CT molecular complexity index is 324. The lowest BCUT2D eigenvalue weighted by Gasteiger charge is -2.05. The Morgan fingerprint density at radius 2 is 2.06 bits per heavy atom. The van der Waals surface area contributed by atoms with Crippen LogP contribution in [0.1, 0.15) is 22.3 Å². The molecule has 0 radical (unpaired) electrons. The van der Waals surface area contributed by atoms with Gasteiger partial charge in [0.05, 0.1) is 0 Å². The molecule has 3 nitrogen and oxygen atoms in total. The Morgan fingerprint density at radius 3 is 2.62 bits per heavy atom. The normalized spacial score (nSPS) is 10.1. The van der Waals surface area contributed by atoms with Crippen molar-refractivity contribution in [1.82, 2.24) is 5.32 Å². The van der Waals surface area contributed by atoms with Gasteiger partial charge in [0.1, 0.15) is 0 Å². The second kappa shape index (κ2) is 7.25. The number of hydrogen-bond acceptors (Lipinski definition) is 2. The number of carbonyl (C=O) groups is 1. The molecule has 16 heavy (non-hydrogen) atoms. The first-order valence-corrected chi connectivity index (χ1v) is 5.73. The average molecular weight is 242 g/mol. The third-order valence-corrected chi connectivity index (χ3v) is 2.49. The maximum atomic E-state index is 11.6. The third-order valence-electron chi connectivity index (χ3n) is 2.18. The van der Waals surface area contributed by atoms with Gasteiger partial charge in [0.25, 0.3) is 5.91 Å². The zero-order chi connectivity index (χ0) is 11.8. The number of amides is 1. The minimum atomic E-state index is -0.0581. The summed E-state index contributed by atoms with van der Waals surface area (Å²) >= 11 is 5.66. The summed E-state index contributed by atoms with van der Waals surface area (Å²) in [6.07, 6.45) is 0.821. The number of nitrogens with one attached hydrogen (secondary N) is 1. The molecule has 0 heterocycles. The van der Waals surface area contributed by atoms with Crippen LogP contribution in [-0.2, 0) is 10.6 Å². The molecule has 1 rings (SSSR count). The number of carbonyl (C=O) groups excluding carboxylic acids is 1. The highest BCUT2D eigenvalue weighted by Gasteiger charge is 2.03. The Balaban J connectivity index is 2.40. The first kappa shape index (κ1) is 13.0. The summed E-state index contributed by atoms with van der Waals surface area (Å²) in [5, 5.41) is 2.82. The molecule has 0 aliphatic carbocycles. The second-order valence-corrected chi connectivity index (χ2v) is 3.70. The minimum Gasteiger partial charge on any atom is -0.385 e. The molecule has 4 heteroatoms. The molecule has 0 aliphatic rings. The Morgan fingerprint density at radius 1 is 1.38 bits per heavy atom. The SMILES string of the molecule is COCCCNC(=O)c1ccc(CCl)cc1. The van der Waals surface area contributed by atoms with Gasteiger partial charge in [-0.3, -0.25) is 4.79 Å². The van der Waals surface area contributed by atoms with Crippen molar-refractivity contribution < 1.29 is 9.53 Å². The molecule has 0 atom stereocenters. The monoisotopic (exact) mass is 241 g/mol. The second-order valence-electron chi connectivity index (χ2n) is 3.43. The van der Waals surface area contributed by atoms with Crippen molar-refractivity contribution in [1.29, 1.82) is 0 Å². The molecule has 0 aliphatic heterocycles.